The molecule has 0 unspecified atom stereocenters. The Hall–Kier alpha value is -1.39. The number of aromatic nitrogens is 3. The standard InChI is InChI=1S/C14H14Cl2N4/c1-2-17-13-9-4-3-5-11(9)19-14(20-13)12-10(16)6-8(15)7-18-12/h6-7H,2-5H2,1H3,(H,17,19,20). The SMILES string of the molecule is CCNc1nc(-c2ncc(Cl)cc2Cl)nc2c1CCC2. The smallest absolute Gasteiger partial charge is 0.181 e. The van der Waals surface area contributed by atoms with Crippen molar-refractivity contribution in [2.24, 2.45) is 0 Å². The zero-order chi connectivity index (χ0) is 14.1. The molecule has 2 aromatic rings. The highest BCUT2D eigenvalue weighted by Gasteiger charge is 2.21. The van der Waals surface area contributed by atoms with E-state index in [9.17, 15) is 0 Å². The van der Waals surface area contributed by atoms with E-state index in [1.807, 2.05) is 0 Å². The lowest BCUT2D eigenvalue weighted by Crippen LogP contribution is -2.07. The van der Waals surface area contributed by atoms with Crippen LogP contribution >= 0.6 is 23.2 Å². The van der Waals surface area contributed by atoms with Crippen molar-refractivity contribution in [3.05, 3.63) is 33.6 Å². The van der Waals surface area contributed by atoms with Crippen LogP contribution in [0.5, 0.6) is 0 Å². The first kappa shape index (κ1) is 13.6. The van der Waals surface area contributed by atoms with Crippen molar-refractivity contribution in [3.63, 3.8) is 0 Å². The van der Waals surface area contributed by atoms with Crippen LogP contribution in [0.3, 0.4) is 0 Å². The van der Waals surface area contributed by atoms with E-state index in [-0.39, 0.29) is 0 Å². The molecule has 2 aromatic heterocycles. The van der Waals surface area contributed by atoms with Crippen LogP contribution in [0, 0.1) is 0 Å². The van der Waals surface area contributed by atoms with Crippen LogP contribution in [0.15, 0.2) is 12.3 Å². The van der Waals surface area contributed by atoms with Crippen molar-refractivity contribution in [1.82, 2.24) is 15.0 Å². The summed E-state index contributed by atoms with van der Waals surface area (Å²) < 4.78 is 0. The van der Waals surface area contributed by atoms with Gasteiger partial charge in [0.05, 0.1) is 10.0 Å². The first-order valence-corrected chi connectivity index (χ1v) is 7.39. The van der Waals surface area contributed by atoms with Gasteiger partial charge in [0.1, 0.15) is 11.5 Å². The summed E-state index contributed by atoms with van der Waals surface area (Å²) in [4.78, 5) is 13.5. The van der Waals surface area contributed by atoms with Gasteiger partial charge in [0.15, 0.2) is 5.82 Å². The van der Waals surface area contributed by atoms with Gasteiger partial charge in [-0.1, -0.05) is 23.2 Å². The molecular weight excluding hydrogens is 295 g/mol. The minimum Gasteiger partial charge on any atom is -0.370 e. The Balaban J connectivity index is 2.12. The maximum atomic E-state index is 6.20. The lowest BCUT2D eigenvalue weighted by atomic mass is 10.2. The number of anilines is 1. The van der Waals surface area contributed by atoms with E-state index < -0.39 is 0 Å². The van der Waals surface area contributed by atoms with Gasteiger partial charge < -0.3 is 5.32 Å². The summed E-state index contributed by atoms with van der Waals surface area (Å²) in [5, 5.41) is 4.28. The van der Waals surface area contributed by atoms with Gasteiger partial charge in [-0.25, -0.2) is 15.0 Å². The molecule has 104 valence electrons. The van der Waals surface area contributed by atoms with E-state index in [2.05, 4.69) is 27.2 Å². The Bertz CT molecular complexity index is 658. The van der Waals surface area contributed by atoms with Crippen molar-refractivity contribution < 1.29 is 0 Å². The fraction of sp³-hybridized carbons (Fsp3) is 0.357. The van der Waals surface area contributed by atoms with Crippen molar-refractivity contribution in [2.75, 3.05) is 11.9 Å². The second kappa shape index (κ2) is 5.54. The molecule has 0 radical (unpaired) electrons. The second-order valence-electron chi connectivity index (χ2n) is 4.69. The Labute approximate surface area is 127 Å². The molecule has 1 N–H and O–H groups in total. The van der Waals surface area contributed by atoms with Gasteiger partial charge in [-0.05, 0) is 32.3 Å². The highest BCUT2D eigenvalue weighted by Crippen LogP contribution is 2.31. The van der Waals surface area contributed by atoms with Crippen molar-refractivity contribution >= 4 is 29.0 Å². The third kappa shape index (κ3) is 2.45. The Kier molecular flexibility index (Phi) is 3.76. The number of halogens is 2. The second-order valence-corrected chi connectivity index (χ2v) is 5.53. The summed E-state index contributed by atoms with van der Waals surface area (Å²) in [6.45, 7) is 2.88. The predicted molar refractivity (Wildman–Crippen MR) is 81.5 cm³/mol. The predicted octanol–water partition coefficient (Wildman–Crippen LogP) is 3.77. The summed E-state index contributed by atoms with van der Waals surface area (Å²) in [5.74, 6) is 1.46. The third-order valence-corrected chi connectivity index (χ3v) is 3.79. The normalized spacial score (nSPS) is 13.3. The third-order valence-electron chi connectivity index (χ3n) is 3.30. The number of nitrogens with one attached hydrogen (secondary N) is 1. The average molecular weight is 309 g/mol. The van der Waals surface area contributed by atoms with Gasteiger partial charge in [-0.2, -0.15) is 0 Å². The molecule has 2 heterocycles. The molecule has 0 bridgehead atoms. The van der Waals surface area contributed by atoms with Crippen LogP contribution in [0.25, 0.3) is 11.5 Å². The highest BCUT2D eigenvalue weighted by molar-refractivity contribution is 6.35. The number of nitrogens with zero attached hydrogens (tertiary/aromatic N) is 3. The molecule has 0 spiro atoms. The molecule has 1 aliphatic carbocycles. The van der Waals surface area contributed by atoms with E-state index in [4.69, 9.17) is 23.2 Å². The first-order chi connectivity index (χ1) is 9.69. The van der Waals surface area contributed by atoms with E-state index in [1.54, 1.807) is 12.3 Å². The van der Waals surface area contributed by atoms with E-state index in [1.165, 1.54) is 5.56 Å². The number of pyridine rings is 1. The van der Waals surface area contributed by atoms with Crippen molar-refractivity contribution in [1.29, 1.82) is 0 Å². The maximum absolute atomic E-state index is 6.20. The summed E-state index contributed by atoms with van der Waals surface area (Å²) in [5.41, 5.74) is 2.89. The lowest BCUT2D eigenvalue weighted by molar-refractivity contribution is 0.899. The molecule has 0 saturated heterocycles. The molecule has 0 aromatic carbocycles. The average Bonchev–Trinajstić information content (AvgIpc) is 2.87. The summed E-state index contributed by atoms with van der Waals surface area (Å²) >= 11 is 12.1. The lowest BCUT2D eigenvalue weighted by Gasteiger charge is -2.11. The Morgan fingerprint density at radius 2 is 2.10 bits per heavy atom. The number of aryl methyl sites for hydroxylation is 1. The summed E-state index contributed by atoms with van der Waals surface area (Å²) in [7, 11) is 0. The van der Waals surface area contributed by atoms with Crippen molar-refractivity contribution in [3.8, 4) is 11.5 Å². The van der Waals surface area contributed by atoms with Crippen molar-refractivity contribution in [2.45, 2.75) is 26.2 Å². The number of hydrogen-bond acceptors (Lipinski definition) is 4. The van der Waals surface area contributed by atoms with E-state index in [0.717, 1.165) is 37.3 Å². The Morgan fingerprint density at radius 1 is 1.25 bits per heavy atom. The van der Waals surface area contributed by atoms with Gasteiger partial charge in [0.2, 0.25) is 0 Å². The van der Waals surface area contributed by atoms with Crippen LogP contribution in [0.1, 0.15) is 24.6 Å². The number of rotatable bonds is 3. The van der Waals surface area contributed by atoms with Gasteiger partial charge in [0.25, 0.3) is 0 Å². The molecule has 0 fully saturated rings. The van der Waals surface area contributed by atoms with Crippen LogP contribution in [0.4, 0.5) is 5.82 Å². The van der Waals surface area contributed by atoms with Crippen LogP contribution in [-0.4, -0.2) is 21.5 Å². The van der Waals surface area contributed by atoms with Gasteiger partial charge in [-0.3, -0.25) is 0 Å². The highest BCUT2D eigenvalue weighted by atomic mass is 35.5. The molecule has 20 heavy (non-hydrogen) atoms. The van der Waals surface area contributed by atoms with Crippen LogP contribution in [0.2, 0.25) is 10.0 Å². The molecule has 3 rings (SSSR count). The minimum atomic E-state index is 0.470. The monoisotopic (exact) mass is 308 g/mol. The molecule has 0 saturated carbocycles. The molecule has 6 heteroatoms. The van der Waals surface area contributed by atoms with Crippen LogP contribution < -0.4 is 5.32 Å². The zero-order valence-electron chi connectivity index (χ0n) is 11.1. The molecule has 0 aliphatic heterocycles. The van der Waals surface area contributed by atoms with Crippen LogP contribution in [-0.2, 0) is 12.8 Å². The van der Waals surface area contributed by atoms with Gasteiger partial charge in [0, 0.05) is 24.0 Å². The van der Waals surface area contributed by atoms with E-state index in [0.29, 0.717) is 21.6 Å². The quantitative estimate of drug-likeness (QED) is 0.938. The maximum Gasteiger partial charge on any atom is 0.181 e. The first-order valence-electron chi connectivity index (χ1n) is 6.64. The number of hydrogen-bond donors (Lipinski definition) is 1. The minimum absolute atomic E-state index is 0.470. The molecule has 1 aliphatic rings. The summed E-state index contributed by atoms with van der Waals surface area (Å²) in [6, 6.07) is 1.66. The molecule has 0 amide bonds. The summed E-state index contributed by atoms with van der Waals surface area (Å²) in [6.07, 6.45) is 4.69. The van der Waals surface area contributed by atoms with Gasteiger partial charge >= 0.3 is 0 Å². The van der Waals surface area contributed by atoms with Gasteiger partial charge in [-0.15, -0.1) is 0 Å². The zero-order valence-corrected chi connectivity index (χ0v) is 12.6. The Morgan fingerprint density at radius 3 is 2.85 bits per heavy atom. The largest absolute Gasteiger partial charge is 0.370 e. The molecule has 4 nitrogen and oxygen atoms in total. The number of fused-ring (bicyclic) bond motifs is 1. The fourth-order valence-corrected chi connectivity index (χ4v) is 2.90. The topological polar surface area (TPSA) is 50.7 Å². The van der Waals surface area contributed by atoms with E-state index >= 15 is 0 Å². The molecular formula is C14H14Cl2N4. The fourth-order valence-electron chi connectivity index (χ4n) is 2.43. The molecule has 0 atom stereocenters.